The first-order valence-electron chi connectivity index (χ1n) is 5.31. The van der Waals surface area contributed by atoms with E-state index < -0.39 is 0 Å². The van der Waals surface area contributed by atoms with Crippen molar-refractivity contribution in [2.24, 2.45) is 0 Å². The van der Waals surface area contributed by atoms with Crippen LogP contribution in [0.2, 0.25) is 5.02 Å². The van der Waals surface area contributed by atoms with Gasteiger partial charge in [0.15, 0.2) is 0 Å². The zero-order valence-electron chi connectivity index (χ0n) is 9.43. The van der Waals surface area contributed by atoms with Crippen molar-refractivity contribution in [3.05, 3.63) is 58.9 Å². The molecule has 1 aromatic heterocycles. The molecule has 1 aromatic carbocycles. The lowest BCUT2D eigenvalue weighted by Gasteiger charge is -2.06. The zero-order valence-corrected chi connectivity index (χ0v) is 10.2. The number of halogens is 1. The first-order chi connectivity index (χ1) is 8.70. The molecule has 0 spiro atoms. The Morgan fingerprint density at radius 2 is 2.00 bits per heavy atom. The highest BCUT2D eigenvalue weighted by atomic mass is 35.5. The maximum absolute atomic E-state index is 11.9. The second-order valence-electron chi connectivity index (χ2n) is 3.66. The Morgan fingerprint density at radius 3 is 2.61 bits per heavy atom. The average molecular weight is 263 g/mol. The van der Waals surface area contributed by atoms with Gasteiger partial charge in [-0.15, -0.1) is 0 Å². The van der Waals surface area contributed by atoms with Gasteiger partial charge in [-0.3, -0.25) is 9.78 Å². The average Bonchev–Trinajstić information content (AvgIpc) is 2.40. The molecule has 0 atom stereocenters. The van der Waals surface area contributed by atoms with Crippen molar-refractivity contribution in [3.8, 4) is 0 Å². The Morgan fingerprint density at radius 1 is 1.28 bits per heavy atom. The van der Waals surface area contributed by atoms with Gasteiger partial charge in [0.2, 0.25) is 0 Å². The zero-order chi connectivity index (χ0) is 13.0. The van der Waals surface area contributed by atoms with E-state index in [1.807, 2.05) is 0 Å². The lowest BCUT2D eigenvalue weighted by molar-refractivity contribution is 0.102. The van der Waals surface area contributed by atoms with Crippen molar-refractivity contribution < 1.29 is 9.90 Å². The molecular formula is C13H11ClN2O2. The van der Waals surface area contributed by atoms with E-state index in [-0.39, 0.29) is 12.5 Å². The molecule has 0 saturated heterocycles. The third-order valence-electron chi connectivity index (χ3n) is 2.41. The molecule has 0 radical (unpaired) electrons. The van der Waals surface area contributed by atoms with Gasteiger partial charge >= 0.3 is 0 Å². The summed E-state index contributed by atoms with van der Waals surface area (Å²) < 4.78 is 0. The highest BCUT2D eigenvalue weighted by Gasteiger charge is 2.10. The maximum Gasteiger partial charge on any atom is 0.258 e. The van der Waals surface area contributed by atoms with E-state index in [1.165, 1.54) is 12.4 Å². The maximum atomic E-state index is 11.9. The lowest BCUT2D eigenvalue weighted by Crippen LogP contribution is -2.12. The number of hydrogen-bond acceptors (Lipinski definition) is 3. The summed E-state index contributed by atoms with van der Waals surface area (Å²) in [6, 6.07) is 8.47. The van der Waals surface area contributed by atoms with Crippen molar-refractivity contribution in [1.29, 1.82) is 0 Å². The normalized spacial score (nSPS) is 10.1. The second-order valence-corrected chi connectivity index (χ2v) is 4.07. The van der Waals surface area contributed by atoms with Crippen LogP contribution in [0.5, 0.6) is 0 Å². The molecule has 2 N–H and O–H groups in total. The van der Waals surface area contributed by atoms with Crippen molar-refractivity contribution in [2.45, 2.75) is 6.61 Å². The molecule has 0 aliphatic carbocycles. The third kappa shape index (κ3) is 2.85. The molecule has 0 aliphatic rings. The van der Waals surface area contributed by atoms with Crippen LogP contribution >= 0.6 is 11.6 Å². The highest BCUT2D eigenvalue weighted by molar-refractivity contribution is 6.34. The van der Waals surface area contributed by atoms with Crippen molar-refractivity contribution in [1.82, 2.24) is 4.98 Å². The lowest BCUT2D eigenvalue weighted by atomic mass is 10.2. The van der Waals surface area contributed by atoms with Crippen molar-refractivity contribution in [2.75, 3.05) is 5.32 Å². The summed E-state index contributed by atoms with van der Waals surface area (Å²) in [5.41, 5.74) is 1.75. The number of aliphatic hydroxyl groups excluding tert-OH is 1. The second kappa shape index (κ2) is 5.62. The molecule has 0 unspecified atom stereocenters. The predicted molar refractivity (Wildman–Crippen MR) is 69.6 cm³/mol. The van der Waals surface area contributed by atoms with E-state index in [0.29, 0.717) is 16.3 Å². The number of carbonyl (C=O) groups excluding carboxylic acids is 1. The fourth-order valence-electron chi connectivity index (χ4n) is 1.44. The number of carbonyl (C=O) groups is 1. The standard InChI is InChI=1S/C13H11ClN2O2/c14-12-5-6-15-7-11(12)13(18)16-10-3-1-9(8-17)2-4-10/h1-7,17H,8H2,(H,16,18). The van der Waals surface area contributed by atoms with Crippen LogP contribution in [-0.2, 0) is 6.61 Å². The molecule has 2 rings (SSSR count). The fourth-order valence-corrected chi connectivity index (χ4v) is 1.63. The predicted octanol–water partition coefficient (Wildman–Crippen LogP) is 2.48. The van der Waals surface area contributed by atoms with Gasteiger partial charge in [0.25, 0.3) is 5.91 Å². The summed E-state index contributed by atoms with van der Waals surface area (Å²) in [5, 5.41) is 12.0. The summed E-state index contributed by atoms with van der Waals surface area (Å²) in [6.07, 6.45) is 2.94. The van der Waals surface area contributed by atoms with E-state index in [9.17, 15) is 4.79 Å². The number of nitrogens with one attached hydrogen (secondary N) is 1. The number of pyridine rings is 1. The SMILES string of the molecule is O=C(Nc1ccc(CO)cc1)c1cnccc1Cl. The van der Waals surface area contributed by atoms with Crippen LogP contribution in [-0.4, -0.2) is 16.0 Å². The van der Waals surface area contributed by atoms with Crippen LogP contribution in [0.25, 0.3) is 0 Å². The molecule has 2 aromatic rings. The molecular weight excluding hydrogens is 252 g/mol. The first kappa shape index (κ1) is 12.5. The van der Waals surface area contributed by atoms with Gasteiger partial charge in [0.1, 0.15) is 0 Å². The van der Waals surface area contributed by atoms with Gasteiger partial charge in [-0.2, -0.15) is 0 Å². The number of rotatable bonds is 3. The van der Waals surface area contributed by atoms with Crippen molar-refractivity contribution >= 4 is 23.2 Å². The molecule has 0 bridgehead atoms. The number of amides is 1. The molecule has 0 aliphatic heterocycles. The van der Waals surface area contributed by atoms with E-state index in [2.05, 4.69) is 10.3 Å². The van der Waals surface area contributed by atoms with Crippen LogP contribution in [0.4, 0.5) is 5.69 Å². The van der Waals surface area contributed by atoms with E-state index in [0.717, 1.165) is 5.56 Å². The van der Waals surface area contributed by atoms with Gasteiger partial charge in [-0.1, -0.05) is 23.7 Å². The molecule has 0 saturated carbocycles. The summed E-state index contributed by atoms with van der Waals surface area (Å²) in [5.74, 6) is -0.315. The molecule has 1 amide bonds. The third-order valence-corrected chi connectivity index (χ3v) is 2.74. The Hall–Kier alpha value is -1.91. The van der Waals surface area contributed by atoms with Gasteiger partial charge in [-0.05, 0) is 23.8 Å². The van der Waals surface area contributed by atoms with Crippen LogP contribution < -0.4 is 5.32 Å². The number of aromatic nitrogens is 1. The molecule has 18 heavy (non-hydrogen) atoms. The monoisotopic (exact) mass is 262 g/mol. The number of anilines is 1. The Balaban J connectivity index is 2.14. The van der Waals surface area contributed by atoms with Gasteiger partial charge in [0, 0.05) is 18.1 Å². The van der Waals surface area contributed by atoms with E-state index >= 15 is 0 Å². The Kier molecular flexibility index (Phi) is 3.92. The van der Waals surface area contributed by atoms with Crippen LogP contribution in [0.15, 0.2) is 42.7 Å². The van der Waals surface area contributed by atoms with E-state index in [4.69, 9.17) is 16.7 Å². The van der Waals surface area contributed by atoms with Crippen LogP contribution in [0, 0.1) is 0 Å². The molecule has 1 heterocycles. The minimum Gasteiger partial charge on any atom is -0.392 e. The summed E-state index contributed by atoms with van der Waals surface area (Å²) >= 11 is 5.90. The van der Waals surface area contributed by atoms with Gasteiger partial charge < -0.3 is 10.4 Å². The molecule has 5 heteroatoms. The molecule has 92 valence electrons. The molecule has 0 fully saturated rings. The highest BCUT2D eigenvalue weighted by Crippen LogP contribution is 2.16. The summed E-state index contributed by atoms with van der Waals surface area (Å²) in [6.45, 7) is -0.0251. The number of nitrogens with zero attached hydrogens (tertiary/aromatic N) is 1. The molecule has 4 nitrogen and oxygen atoms in total. The minimum absolute atomic E-state index is 0.0251. The van der Waals surface area contributed by atoms with Crippen LogP contribution in [0.3, 0.4) is 0 Å². The van der Waals surface area contributed by atoms with Crippen molar-refractivity contribution in [3.63, 3.8) is 0 Å². The fraction of sp³-hybridized carbons (Fsp3) is 0.0769. The Labute approximate surface area is 109 Å². The Bertz CT molecular complexity index is 555. The van der Waals surface area contributed by atoms with Crippen LogP contribution in [0.1, 0.15) is 15.9 Å². The first-order valence-corrected chi connectivity index (χ1v) is 5.69. The van der Waals surface area contributed by atoms with Gasteiger partial charge in [0.05, 0.1) is 17.2 Å². The topological polar surface area (TPSA) is 62.2 Å². The minimum atomic E-state index is -0.315. The number of benzene rings is 1. The smallest absolute Gasteiger partial charge is 0.258 e. The van der Waals surface area contributed by atoms with E-state index in [1.54, 1.807) is 30.3 Å². The summed E-state index contributed by atoms with van der Waals surface area (Å²) in [4.78, 5) is 15.8. The summed E-state index contributed by atoms with van der Waals surface area (Å²) in [7, 11) is 0. The van der Waals surface area contributed by atoms with Gasteiger partial charge in [-0.25, -0.2) is 0 Å². The number of aliphatic hydroxyl groups is 1. The quantitative estimate of drug-likeness (QED) is 0.893. The number of hydrogen-bond donors (Lipinski definition) is 2. The largest absolute Gasteiger partial charge is 0.392 e.